The summed E-state index contributed by atoms with van der Waals surface area (Å²) in [5, 5.41) is 3.78. The Balaban J connectivity index is 2.09. The summed E-state index contributed by atoms with van der Waals surface area (Å²) in [5.41, 5.74) is 1.33. The van der Waals surface area contributed by atoms with Gasteiger partial charge < -0.3 is 10.1 Å². The monoisotopic (exact) mass is 321 g/mol. The van der Waals surface area contributed by atoms with Crippen LogP contribution in [0, 0.1) is 0 Å². The summed E-state index contributed by atoms with van der Waals surface area (Å²) in [7, 11) is 1.55. The molecule has 2 aromatic carbocycles. The fraction of sp³-hybridized carbons (Fsp3) is 0.0625. The molecule has 2 aromatic rings. The predicted molar refractivity (Wildman–Crippen MR) is 87.1 cm³/mol. The second kappa shape index (κ2) is 7.16. The number of rotatable bonds is 4. The smallest absolute Gasteiger partial charge is 0.248 e. The second-order valence-corrected chi connectivity index (χ2v) is 5.03. The number of carbonyl (C=O) groups is 1. The third-order valence-electron chi connectivity index (χ3n) is 2.74. The van der Waals surface area contributed by atoms with Crippen molar-refractivity contribution in [2.45, 2.75) is 0 Å². The molecule has 0 spiro atoms. The topological polar surface area (TPSA) is 38.3 Å². The van der Waals surface area contributed by atoms with Crippen molar-refractivity contribution >= 4 is 40.9 Å². The molecule has 0 unspecified atom stereocenters. The molecular formula is C16H13Cl2NO2. The Kier molecular flexibility index (Phi) is 5.26. The van der Waals surface area contributed by atoms with Gasteiger partial charge >= 0.3 is 0 Å². The molecular weight excluding hydrogens is 309 g/mol. The third-order valence-corrected chi connectivity index (χ3v) is 3.30. The largest absolute Gasteiger partial charge is 0.495 e. The summed E-state index contributed by atoms with van der Waals surface area (Å²) in [4.78, 5) is 11.9. The fourth-order valence-electron chi connectivity index (χ4n) is 1.72. The van der Waals surface area contributed by atoms with Crippen molar-refractivity contribution in [3.05, 3.63) is 64.1 Å². The van der Waals surface area contributed by atoms with Gasteiger partial charge in [-0.15, -0.1) is 0 Å². The molecule has 0 atom stereocenters. The molecule has 3 nitrogen and oxygen atoms in total. The third kappa shape index (κ3) is 4.25. The van der Waals surface area contributed by atoms with Gasteiger partial charge in [0.2, 0.25) is 5.91 Å². The molecule has 108 valence electrons. The van der Waals surface area contributed by atoms with Crippen molar-refractivity contribution in [3.8, 4) is 5.75 Å². The van der Waals surface area contributed by atoms with Gasteiger partial charge in [0.1, 0.15) is 5.75 Å². The Bertz CT molecular complexity index is 684. The van der Waals surface area contributed by atoms with Crippen LogP contribution >= 0.6 is 23.2 Å². The van der Waals surface area contributed by atoms with Gasteiger partial charge in [-0.3, -0.25) is 4.79 Å². The lowest BCUT2D eigenvalue weighted by Crippen LogP contribution is -2.08. The maximum atomic E-state index is 11.9. The number of para-hydroxylation sites is 2. The molecule has 0 saturated carbocycles. The first-order valence-electron chi connectivity index (χ1n) is 6.17. The average Bonchev–Trinajstić information content (AvgIpc) is 2.47. The standard InChI is InChI=1S/C16H13Cl2NO2/c1-21-15-5-3-2-4-14(15)19-16(20)9-7-11-6-8-12(17)10-13(11)18/h2-10H,1H3,(H,19,20)/b9-7+. The molecule has 0 aliphatic heterocycles. The van der Waals surface area contributed by atoms with E-state index in [1.165, 1.54) is 6.08 Å². The van der Waals surface area contributed by atoms with Crippen LogP contribution < -0.4 is 10.1 Å². The number of amides is 1. The number of nitrogens with one attached hydrogen (secondary N) is 1. The van der Waals surface area contributed by atoms with E-state index in [1.807, 2.05) is 12.1 Å². The van der Waals surface area contributed by atoms with E-state index in [0.717, 1.165) is 5.56 Å². The van der Waals surface area contributed by atoms with E-state index in [4.69, 9.17) is 27.9 Å². The molecule has 1 amide bonds. The molecule has 0 fully saturated rings. The van der Waals surface area contributed by atoms with Gasteiger partial charge in [-0.2, -0.15) is 0 Å². The highest BCUT2D eigenvalue weighted by atomic mass is 35.5. The molecule has 0 bridgehead atoms. The van der Waals surface area contributed by atoms with Crippen LogP contribution in [-0.4, -0.2) is 13.0 Å². The highest BCUT2D eigenvalue weighted by molar-refractivity contribution is 6.35. The van der Waals surface area contributed by atoms with Gasteiger partial charge in [-0.1, -0.05) is 41.4 Å². The van der Waals surface area contributed by atoms with Gasteiger partial charge in [0, 0.05) is 16.1 Å². The molecule has 5 heteroatoms. The van der Waals surface area contributed by atoms with E-state index in [2.05, 4.69) is 5.32 Å². The minimum Gasteiger partial charge on any atom is -0.495 e. The number of hydrogen-bond donors (Lipinski definition) is 1. The highest BCUT2D eigenvalue weighted by Crippen LogP contribution is 2.24. The summed E-state index contributed by atoms with van der Waals surface area (Å²) < 4.78 is 5.17. The van der Waals surface area contributed by atoms with E-state index < -0.39 is 0 Å². The summed E-state index contributed by atoms with van der Waals surface area (Å²) in [5.74, 6) is 0.328. The highest BCUT2D eigenvalue weighted by Gasteiger charge is 2.04. The Labute approximate surface area is 133 Å². The van der Waals surface area contributed by atoms with E-state index in [-0.39, 0.29) is 5.91 Å². The molecule has 0 aromatic heterocycles. The normalized spacial score (nSPS) is 10.6. The van der Waals surface area contributed by atoms with Crippen LogP contribution in [0.4, 0.5) is 5.69 Å². The number of halogens is 2. The van der Waals surface area contributed by atoms with Gasteiger partial charge in [0.05, 0.1) is 12.8 Å². The molecule has 0 heterocycles. The minimum atomic E-state index is -0.273. The molecule has 0 aliphatic carbocycles. The van der Waals surface area contributed by atoms with Crippen LogP contribution in [-0.2, 0) is 4.79 Å². The zero-order valence-corrected chi connectivity index (χ0v) is 12.8. The Morgan fingerprint density at radius 2 is 1.95 bits per heavy atom. The van der Waals surface area contributed by atoms with Gasteiger partial charge in [0.25, 0.3) is 0 Å². The zero-order valence-electron chi connectivity index (χ0n) is 11.3. The van der Waals surface area contributed by atoms with Crippen LogP contribution in [0.3, 0.4) is 0 Å². The molecule has 0 radical (unpaired) electrons. The first-order valence-corrected chi connectivity index (χ1v) is 6.93. The number of carbonyl (C=O) groups excluding carboxylic acids is 1. The lowest BCUT2D eigenvalue weighted by Gasteiger charge is -2.07. The van der Waals surface area contributed by atoms with Crippen LogP contribution in [0.15, 0.2) is 48.5 Å². The van der Waals surface area contributed by atoms with Crippen LogP contribution in [0.5, 0.6) is 5.75 Å². The van der Waals surface area contributed by atoms with Crippen LogP contribution in [0.2, 0.25) is 10.0 Å². The molecule has 0 saturated heterocycles. The van der Waals surface area contributed by atoms with Crippen molar-refractivity contribution < 1.29 is 9.53 Å². The van der Waals surface area contributed by atoms with Crippen LogP contribution in [0.25, 0.3) is 6.08 Å². The maximum absolute atomic E-state index is 11.9. The van der Waals surface area contributed by atoms with E-state index in [9.17, 15) is 4.79 Å². The Morgan fingerprint density at radius 1 is 1.19 bits per heavy atom. The van der Waals surface area contributed by atoms with Crippen molar-refractivity contribution in [1.29, 1.82) is 0 Å². The number of hydrogen-bond acceptors (Lipinski definition) is 2. The van der Waals surface area contributed by atoms with Gasteiger partial charge in [-0.25, -0.2) is 0 Å². The molecule has 0 aliphatic rings. The van der Waals surface area contributed by atoms with E-state index in [0.29, 0.717) is 21.5 Å². The van der Waals surface area contributed by atoms with Crippen molar-refractivity contribution in [1.82, 2.24) is 0 Å². The first-order chi connectivity index (χ1) is 10.1. The fourth-order valence-corrected chi connectivity index (χ4v) is 2.20. The van der Waals surface area contributed by atoms with Crippen LogP contribution in [0.1, 0.15) is 5.56 Å². The molecule has 21 heavy (non-hydrogen) atoms. The lowest BCUT2D eigenvalue weighted by molar-refractivity contribution is -0.111. The summed E-state index contributed by atoms with van der Waals surface area (Å²) in [6.45, 7) is 0. The second-order valence-electron chi connectivity index (χ2n) is 4.19. The Morgan fingerprint density at radius 3 is 2.67 bits per heavy atom. The van der Waals surface area contributed by atoms with Crippen molar-refractivity contribution in [3.63, 3.8) is 0 Å². The first kappa shape index (κ1) is 15.4. The number of anilines is 1. The summed E-state index contributed by atoms with van der Waals surface area (Å²) >= 11 is 11.9. The number of ether oxygens (including phenoxy) is 1. The number of methoxy groups -OCH3 is 1. The SMILES string of the molecule is COc1ccccc1NC(=O)/C=C/c1ccc(Cl)cc1Cl. The van der Waals surface area contributed by atoms with Crippen molar-refractivity contribution in [2.75, 3.05) is 12.4 Å². The average molecular weight is 322 g/mol. The molecule has 2 rings (SSSR count). The molecule has 1 N–H and O–H groups in total. The van der Waals surface area contributed by atoms with Gasteiger partial charge in [-0.05, 0) is 35.9 Å². The van der Waals surface area contributed by atoms with Crippen molar-refractivity contribution in [2.24, 2.45) is 0 Å². The zero-order chi connectivity index (χ0) is 15.2. The maximum Gasteiger partial charge on any atom is 0.248 e. The van der Waals surface area contributed by atoms with Gasteiger partial charge in [0.15, 0.2) is 0 Å². The van der Waals surface area contributed by atoms with E-state index in [1.54, 1.807) is 43.5 Å². The summed E-state index contributed by atoms with van der Waals surface area (Å²) in [6.07, 6.45) is 3.03. The Hall–Kier alpha value is -1.97. The summed E-state index contributed by atoms with van der Waals surface area (Å²) in [6, 6.07) is 12.3. The quantitative estimate of drug-likeness (QED) is 0.832. The van der Waals surface area contributed by atoms with E-state index >= 15 is 0 Å². The predicted octanol–water partition coefficient (Wildman–Crippen LogP) is 4.65. The number of benzene rings is 2. The lowest BCUT2D eigenvalue weighted by atomic mass is 10.2. The minimum absolute atomic E-state index is 0.273.